The monoisotopic (exact) mass is 458 g/mol. The normalized spacial score (nSPS) is 42.1. The molecule has 0 aliphatic heterocycles. The first-order valence-electron chi connectivity index (χ1n) is 14.3. The van der Waals surface area contributed by atoms with Gasteiger partial charge in [-0.2, -0.15) is 0 Å². The minimum atomic E-state index is 0.236. The van der Waals surface area contributed by atoms with Gasteiger partial charge in [0.15, 0.2) is 0 Å². The Hall–Kier alpha value is -1.41. The van der Waals surface area contributed by atoms with Crippen LogP contribution in [0, 0.1) is 34.5 Å². The molecule has 0 radical (unpaired) electrons. The number of nitrogens with zero attached hydrogens (tertiary/aromatic N) is 1. The second kappa shape index (κ2) is 8.05. The molecule has 0 bridgehead atoms. The van der Waals surface area contributed by atoms with Gasteiger partial charge in [-0.3, -0.25) is 4.98 Å². The lowest BCUT2D eigenvalue weighted by Gasteiger charge is -2.61. The number of nitrogens with one attached hydrogen (secondary N) is 1. The first kappa shape index (κ1) is 23.0. The Kier molecular flexibility index (Phi) is 5.45. The van der Waals surface area contributed by atoms with Crippen LogP contribution in [0.4, 0.5) is 0 Å². The fraction of sp³-hybridized carbons (Fsp3) is 0.719. The molecule has 4 fully saturated rings. The van der Waals surface area contributed by atoms with Crippen LogP contribution in [0.3, 0.4) is 0 Å². The molecule has 2 aromatic rings. The summed E-state index contributed by atoms with van der Waals surface area (Å²) in [4.78, 5) is 4.40. The number of hydrogen-bond acceptors (Lipinski definition) is 2. The third-order valence-electron chi connectivity index (χ3n) is 11.4. The lowest BCUT2D eigenvalue weighted by atomic mass is 9.44. The predicted molar refractivity (Wildman–Crippen MR) is 143 cm³/mol. The molecule has 1 N–H and O–H groups in total. The second-order valence-electron chi connectivity index (χ2n) is 14.2. The van der Waals surface area contributed by atoms with Crippen LogP contribution in [-0.2, 0) is 0 Å². The Labute approximate surface area is 207 Å². The highest BCUT2D eigenvalue weighted by Crippen LogP contribution is 2.69. The van der Waals surface area contributed by atoms with Crippen molar-refractivity contribution < 1.29 is 0 Å². The van der Waals surface area contributed by atoms with E-state index in [0.29, 0.717) is 10.8 Å². The van der Waals surface area contributed by atoms with Gasteiger partial charge in [0.25, 0.3) is 0 Å². The maximum atomic E-state index is 4.40. The average Bonchev–Trinajstić information content (AvgIpc) is 3.15. The Morgan fingerprint density at radius 2 is 1.65 bits per heavy atom. The number of pyridine rings is 1. The highest BCUT2D eigenvalue weighted by atomic mass is 15.0. The fourth-order valence-corrected chi connectivity index (χ4v) is 9.87. The number of benzene rings is 1. The summed E-state index contributed by atoms with van der Waals surface area (Å²) < 4.78 is 0. The van der Waals surface area contributed by atoms with Gasteiger partial charge in [-0.25, -0.2) is 0 Å². The fourth-order valence-electron chi connectivity index (χ4n) is 9.87. The van der Waals surface area contributed by atoms with Gasteiger partial charge in [-0.15, -0.1) is 0 Å². The van der Waals surface area contributed by atoms with Crippen LogP contribution >= 0.6 is 0 Å². The van der Waals surface area contributed by atoms with Crippen molar-refractivity contribution in [3.63, 3.8) is 0 Å². The van der Waals surface area contributed by atoms with Crippen molar-refractivity contribution >= 4 is 10.8 Å². The van der Waals surface area contributed by atoms with Crippen LogP contribution in [0.1, 0.15) is 104 Å². The van der Waals surface area contributed by atoms with Crippen LogP contribution < -0.4 is 5.32 Å². The third-order valence-corrected chi connectivity index (χ3v) is 11.4. The van der Waals surface area contributed by atoms with Crippen LogP contribution in [0.15, 0.2) is 36.7 Å². The summed E-state index contributed by atoms with van der Waals surface area (Å²) >= 11 is 0. The lowest BCUT2D eigenvalue weighted by Crippen LogP contribution is -2.56. The van der Waals surface area contributed by atoms with Crippen molar-refractivity contribution in [2.24, 2.45) is 34.5 Å². The quantitative estimate of drug-likeness (QED) is 0.491. The minimum absolute atomic E-state index is 0.236. The molecular weight excluding hydrogens is 412 g/mol. The molecule has 1 aromatic heterocycles. The van der Waals surface area contributed by atoms with Crippen LogP contribution in [0.25, 0.3) is 10.8 Å². The van der Waals surface area contributed by atoms with E-state index in [1.165, 1.54) is 68.6 Å². The van der Waals surface area contributed by atoms with E-state index in [0.717, 1.165) is 35.6 Å². The zero-order chi connectivity index (χ0) is 23.7. The summed E-state index contributed by atoms with van der Waals surface area (Å²) in [5.41, 5.74) is 2.87. The van der Waals surface area contributed by atoms with Crippen molar-refractivity contribution in [3.8, 4) is 0 Å². The van der Waals surface area contributed by atoms with Crippen LogP contribution in [-0.4, -0.2) is 16.6 Å². The van der Waals surface area contributed by atoms with Gasteiger partial charge in [-0.1, -0.05) is 26.0 Å². The number of hydrogen-bond donors (Lipinski definition) is 1. The molecule has 8 atom stereocenters. The van der Waals surface area contributed by atoms with Crippen molar-refractivity contribution in [3.05, 3.63) is 42.2 Å². The van der Waals surface area contributed by atoms with Crippen molar-refractivity contribution in [2.45, 2.75) is 110 Å². The van der Waals surface area contributed by atoms with E-state index in [1.54, 1.807) is 5.56 Å². The molecule has 2 heteroatoms. The molecule has 0 amide bonds. The van der Waals surface area contributed by atoms with E-state index in [1.807, 2.05) is 6.20 Å². The third kappa shape index (κ3) is 3.66. The summed E-state index contributed by atoms with van der Waals surface area (Å²) in [5, 5.41) is 6.59. The largest absolute Gasteiger partial charge is 0.309 e. The lowest BCUT2D eigenvalue weighted by molar-refractivity contribution is -0.110. The van der Waals surface area contributed by atoms with Gasteiger partial charge < -0.3 is 5.32 Å². The summed E-state index contributed by atoms with van der Waals surface area (Å²) in [6, 6.07) is 10.1. The smallest absolute Gasteiger partial charge is 0.0346 e. The highest BCUT2D eigenvalue weighted by molar-refractivity contribution is 5.82. The number of rotatable bonds is 2. The molecule has 184 valence electrons. The number of fused-ring (bicyclic) bond motifs is 6. The molecule has 6 rings (SSSR count). The Bertz CT molecular complexity index is 1050. The van der Waals surface area contributed by atoms with Crippen molar-refractivity contribution in [2.75, 3.05) is 0 Å². The minimum Gasteiger partial charge on any atom is -0.309 e. The maximum absolute atomic E-state index is 4.40. The van der Waals surface area contributed by atoms with Crippen LogP contribution in [0.2, 0.25) is 0 Å². The molecule has 34 heavy (non-hydrogen) atoms. The van der Waals surface area contributed by atoms with Gasteiger partial charge >= 0.3 is 0 Å². The van der Waals surface area contributed by atoms with Gasteiger partial charge in [-0.05, 0) is 142 Å². The van der Waals surface area contributed by atoms with E-state index in [2.05, 4.69) is 75.4 Å². The topological polar surface area (TPSA) is 24.9 Å². The van der Waals surface area contributed by atoms with Gasteiger partial charge in [0.05, 0.1) is 0 Å². The van der Waals surface area contributed by atoms with E-state index in [9.17, 15) is 0 Å². The zero-order valence-electron chi connectivity index (χ0n) is 22.2. The van der Waals surface area contributed by atoms with E-state index >= 15 is 0 Å². The molecule has 0 unspecified atom stereocenters. The Morgan fingerprint density at radius 3 is 2.47 bits per heavy atom. The highest BCUT2D eigenvalue weighted by Gasteiger charge is 2.60. The maximum Gasteiger partial charge on any atom is 0.0346 e. The molecule has 1 heterocycles. The molecule has 1 aromatic carbocycles. The van der Waals surface area contributed by atoms with Gasteiger partial charge in [0.2, 0.25) is 0 Å². The predicted octanol–water partition coefficient (Wildman–Crippen LogP) is 8.12. The van der Waals surface area contributed by atoms with Gasteiger partial charge in [0, 0.05) is 29.4 Å². The average molecular weight is 459 g/mol. The molecule has 0 spiro atoms. The Balaban J connectivity index is 1.23. The van der Waals surface area contributed by atoms with E-state index in [4.69, 9.17) is 0 Å². The van der Waals surface area contributed by atoms with Crippen molar-refractivity contribution in [1.29, 1.82) is 0 Å². The molecular formula is C32H46N2. The first-order chi connectivity index (χ1) is 16.2. The van der Waals surface area contributed by atoms with Crippen LogP contribution in [0.5, 0.6) is 0 Å². The van der Waals surface area contributed by atoms with Gasteiger partial charge in [0.1, 0.15) is 0 Å². The molecule has 4 aliphatic rings. The Morgan fingerprint density at radius 1 is 0.853 bits per heavy atom. The van der Waals surface area contributed by atoms with Crippen molar-refractivity contribution in [1.82, 2.24) is 10.3 Å². The SMILES string of the molecule is CC(C)(C)N[C@H]1CC[C@@]2(C)[C@@H](CC[C@@H]3[C@@H]2CC[C@]2(C)[C@@H](c4ccc5ccncc5c4)CC[C@@H]32)C1. The molecule has 4 saturated carbocycles. The standard InChI is InChI=1S/C32H46N2/c1-30(2,3)34-25-12-15-31(4)24(19-25)8-9-26-28-11-10-27(32(28,5)16-13-29(26)31)22-7-6-21-14-17-33-20-23(21)18-22/h6-7,14,17-18,20,24-29,34H,8-13,15-16,19H2,1-5H3/t24-,25-,26-,27+,28-,29-,31-,32+/m0/s1. The molecule has 2 nitrogen and oxygen atoms in total. The summed E-state index contributed by atoms with van der Waals surface area (Å²) in [7, 11) is 0. The number of aromatic nitrogens is 1. The summed E-state index contributed by atoms with van der Waals surface area (Å²) in [6.07, 6.45) is 16.9. The zero-order valence-corrected chi connectivity index (χ0v) is 22.2. The van der Waals surface area contributed by atoms with E-state index in [-0.39, 0.29) is 5.54 Å². The van der Waals surface area contributed by atoms with E-state index < -0.39 is 0 Å². The summed E-state index contributed by atoms with van der Waals surface area (Å²) in [6.45, 7) is 12.4. The molecule has 0 saturated heterocycles. The second-order valence-corrected chi connectivity index (χ2v) is 14.2. The summed E-state index contributed by atoms with van der Waals surface area (Å²) in [5.74, 6) is 4.49. The first-order valence-corrected chi connectivity index (χ1v) is 14.3. The molecule has 4 aliphatic carbocycles.